The molecule has 0 aliphatic carbocycles. The Hall–Kier alpha value is 0.394. The second kappa shape index (κ2) is 6.53. The van der Waals surface area contributed by atoms with Gasteiger partial charge in [-0.2, -0.15) is 0 Å². The lowest BCUT2D eigenvalue weighted by atomic mass is 9.71. The average Bonchev–Trinajstić information content (AvgIpc) is 1.96. The van der Waals surface area contributed by atoms with Gasteiger partial charge in [0.1, 0.15) is 0 Å². The maximum atomic E-state index is 5.87. The molecule has 17 heavy (non-hydrogen) atoms. The fourth-order valence-electron chi connectivity index (χ4n) is 3.36. The Balaban J connectivity index is 4.47. The van der Waals surface area contributed by atoms with Crippen LogP contribution in [0.3, 0.4) is 0 Å². The largest absolute Gasteiger partial charge is 0.413 e. The first-order chi connectivity index (χ1) is 7.54. The molecular weight excluding hydrogens is 240 g/mol. The highest BCUT2D eigenvalue weighted by Crippen LogP contribution is 2.41. The van der Waals surface area contributed by atoms with Gasteiger partial charge in [-0.3, -0.25) is 0 Å². The molecule has 0 amide bonds. The smallest absolute Gasteiger partial charge is 0.226 e. The molecule has 0 saturated carbocycles. The summed E-state index contributed by atoms with van der Waals surface area (Å²) in [5, 5.41) is 0. The zero-order valence-corrected chi connectivity index (χ0v) is 15.0. The maximum Gasteiger partial charge on any atom is 0.226 e. The van der Waals surface area contributed by atoms with E-state index in [0.29, 0.717) is 20.6 Å². The van der Waals surface area contributed by atoms with E-state index in [1.807, 2.05) is 0 Å². The first-order valence-electron chi connectivity index (χ1n) is 6.53. The van der Waals surface area contributed by atoms with Crippen LogP contribution in [0.4, 0.5) is 0 Å². The molecule has 0 unspecified atom stereocenters. The fourth-order valence-corrected chi connectivity index (χ4v) is 5.07. The van der Waals surface area contributed by atoms with Crippen LogP contribution in [0.25, 0.3) is 0 Å². The van der Waals surface area contributed by atoms with E-state index in [1.165, 1.54) is 12.5 Å². The van der Waals surface area contributed by atoms with Crippen molar-refractivity contribution in [2.75, 3.05) is 0 Å². The van der Waals surface area contributed by atoms with E-state index in [9.17, 15) is 0 Å². The minimum Gasteiger partial charge on any atom is -0.413 e. The summed E-state index contributed by atoms with van der Waals surface area (Å²) in [4.78, 5) is 0. The topological polar surface area (TPSA) is 9.23 Å². The van der Waals surface area contributed by atoms with Crippen LogP contribution >= 0.6 is 0 Å². The minimum absolute atomic E-state index is 0.0152. The number of rotatable bonds is 8. The maximum absolute atomic E-state index is 5.87. The minimum atomic E-state index is 0.0152. The molecule has 0 heterocycles. The number of hydrogen-bond acceptors (Lipinski definition) is 1. The van der Waals surface area contributed by atoms with Gasteiger partial charge < -0.3 is 4.43 Å². The second-order valence-electron chi connectivity index (χ2n) is 7.28. The lowest BCUT2D eigenvalue weighted by Gasteiger charge is -2.40. The highest BCUT2D eigenvalue weighted by Gasteiger charge is 2.33. The van der Waals surface area contributed by atoms with Gasteiger partial charge in [0.05, 0.1) is 5.60 Å². The molecule has 1 nitrogen and oxygen atoms in total. The predicted octanol–water partition coefficient (Wildman–Crippen LogP) is 4.45. The van der Waals surface area contributed by atoms with Crippen molar-refractivity contribution in [2.24, 2.45) is 10.8 Å². The number of hydrogen-bond donors (Lipinski definition) is 0. The Morgan fingerprint density at radius 2 is 1.35 bits per heavy atom. The first-order valence-corrected chi connectivity index (χ1v) is 9.64. The van der Waals surface area contributed by atoms with Gasteiger partial charge in [-0.05, 0) is 44.1 Å². The van der Waals surface area contributed by atoms with Gasteiger partial charge in [-0.15, -0.1) is 0 Å². The second-order valence-corrected chi connectivity index (χ2v) is 8.95. The highest BCUT2D eigenvalue weighted by atomic mass is 28.2. The van der Waals surface area contributed by atoms with Crippen LogP contribution in [-0.2, 0) is 4.43 Å². The van der Waals surface area contributed by atoms with Crippen molar-refractivity contribution >= 4 is 19.3 Å². The molecule has 3 heteroatoms. The third-order valence-corrected chi connectivity index (χ3v) is 4.96. The molecule has 0 aromatic heterocycles. The molecule has 100 valence electrons. The standard InChI is InChI=1S/C14H30OSi2/c1-12(2,9-13(3,4)11-16-7)10-14(5,6)15-17-8/h9-11H2,1-8H3. The van der Waals surface area contributed by atoms with Crippen LogP contribution in [0, 0.1) is 10.8 Å². The van der Waals surface area contributed by atoms with Crippen LogP contribution in [-0.4, -0.2) is 24.9 Å². The quantitative estimate of drug-likeness (QED) is 0.592. The van der Waals surface area contributed by atoms with E-state index in [1.54, 1.807) is 0 Å². The molecule has 0 saturated heterocycles. The van der Waals surface area contributed by atoms with Crippen molar-refractivity contribution in [1.29, 1.82) is 0 Å². The molecular formula is C14H30OSi2. The molecule has 0 fully saturated rings. The Bertz CT molecular complexity index is 200. The van der Waals surface area contributed by atoms with Crippen molar-refractivity contribution in [3.05, 3.63) is 0 Å². The fraction of sp³-hybridized carbons (Fsp3) is 1.00. The van der Waals surface area contributed by atoms with E-state index in [2.05, 4.69) is 54.6 Å². The molecule has 0 bridgehead atoms. The van der Waals surface area contributed by atoms with Crippen LogP contribution in [0.2, 0.25) is 19.1 Å². The van der Waals surface area contributed by atoms with Crippen LogP contribution in [0.5, 0.6) is 0 Å². The lowest BCUT2D eigenvalue weighted by molar-refractivity contribution is 0.0442. The summed E-state index contributed by atoms with van der Waals surface area (Å²) in [7, 11) is 1.64. The van der Waals surface area contributed by atoms with Crippen LogP contribution in [0.15, 0.2) is 0 Å². The summed E-state index contributed by atoms with van der Waals surface area (Å²) in [5.41, 5.74) is 0.828. The molecule has 0 N–H and O–H groups in total. The Morgan fingerprint density at radius 1 is 0.824 bits per heavy atom. The summed E-state index contributed by atoms with van der Waals surface area (Å²) in [6.45, 7) is 18.4. The van der Waals surface area contributed by atoms with Crippen LogP contribution < -0.4 is 0 Å². The normalized spacial score (nSPS) is 14.1. The zero-order valence-electron chi connectivity index (χ0n) is 13.0. The van der Waals surface area contributed by atoms with E-state index in [0.717, 1.165) is 15.9 Å². The molecule has 0 aromatic carbocycles. The van der Waals surface area contributed by atoms with E-state index in [-0.39, 0.29) is 5.60 Å². The lowest BCUT2D eigenvalue weighted by Crippen LogP contribution is -2.35. The third-order valence-electron chi connectivity index (χ3n) is 2.90. The molecule has 0 aliphatic heterocycles. The molecule has 0 aromatic rings. The Kier molecular flexibility index (Phi) is 6.68. The van der Waals surface area contributed by atoms with Crippen molar-refractivity contribution in [1.82, 2.24) is 0 Å². The van der Waals surface area contributed by atoms with Gasteiger partial charge >= 0.3 is 0 Å². The van der Waals surface area contributed by atoms with Gasteiger partial charge in [-0.25, -0.2) is 0 Å². The molecule has 0 aliphatic rings. The summed E-state index contributed by atoms with van der Waals surface area (Å²) in [5.74, 6) is 0. The van der Waals surface area contributed by atoms with Crippen molar-refractivity contribution in [2.45, 2.75) is 79.1 Å². The Morgan fingerprint density at radius 3 is 1.76 bits per heavy atom. The van der Waals surface area contributed by atoms with Gasteiger partial charge in [0, 0.05) is 9.52 Å². The van der Waals surface area contributed by atoms with Gasteiger partial charge in [0.2, 0.25) is 9.76 Å². The zero-order chi connectivity index (χ0) is 13.7. The molecule has 0 spiro atoms. The van der Waals surface area contributed by atoms with E-state index in [4.69, 9.17) is 4.43 Å². The Labute approximate surface area is 114 Å². The van der Waals surface area contributed by atoms with Crippen molar-refractivity contribution in [3.8, 4) is 0 Å². The molecule has 4 radical (unpaired) electrons. The monoisotopic (exact) mass is 270 g/mol. The third kappa shape index (κ3) is 8.17. The molecule has 0 rings (SSSR count). The van der Waals surface area contributed by atoms with E-state index < -0.39 is 0 Å². The van der Waals surface area contributed by atoms with Gasteiger partial charge in [0.15, 0.2) is 0 Å². The van der Waals surface area contributed by atoms with Crippen LogP contribution in [0.1, 0.15) is 54.4 Å². The summed E-state index contributed by atoms with van der Waals surface area (Å²) in [6.07, 6.45) is 2.41. The van der Waals surface area contributed by atoms with E-state index >= 15 is 0 Å². The van der Waals surface area contributed by atoms with Crippen molar-refractivity contribution in [3.63, 3.8) is 0 Å². The summed E-state index contributed by atoms with van der Waals surface area (Å²) >= 11 is 0. The SMILES string of the molecule is C[Si]CC(C)(C)CC(C)(C)CC(C)(C)O[Si]C. The predicted molar refractivity (Wildman–Crippen MR) is 80.0 cm³/mol. The summed E-state index contributed by atoms with van der Waals surface area (Å²) in [6, 6.07) is 1.34. The van der Waals surface area contributed by atoms with Gasteiger partial charge in [-0.1, -0.05) is 40.3 Å². The average molecular weight is 271 g/mol. The van der Waals surface area contributed by atoms with Gasteiger partial charge in [0.25, 0.3) is 0 Å². The summed E-state index contributed by atoms with van der Waals surface area (Å²) < 4.78 is 5.87. The molecule has 0 atom stereocenters. The van der Waals surface area contributed by atoms with Crippen molar-refractivity contribution < 1.29 is 4.43 Å². The first kappa shape index (κ1) is 17.4. The highest BCUT2D eigenvalue weighted by molar-refractivity contribution is 6.33.